The Bertz CT molecular complexity index is 1140. The van der Waals surface area contributed by atoms with E-state index in [0.717, 1.165) is 12.3 Å². The Morgan fingerprint density at radius 3 is 2.29 bits per heavy atom. The van der Waals surface area contributed by atoms with Crippen molar-refractivity contribution in [3.63, 3.8) is 0 Å². The van der Waals surface area contributed by atoms with Crippen molar-refractivity contribution in [2.75, 3.05) is 7.05 Å². The molecule has 2 atom stereocenters. The fourth-order valence-electron chi connectivity index (χ4n) is 3.52. The fourth-order valence-corrected chi connectivity index (χ4v) is 3.87. The van der Waals surface area contributed by atoms with E-state index in [1.165, 1.54) is 49.5 Å². The summed E-state index contributed by atoms with van der Waals surface area (Å²) in [5.74, 6) is -1.45. The molecule has 2 N–H and O–H groups in total. The SMILES string of the molecule is CNC(=O)C(NC(CCc1ccc(C(F)(F)F)nc1)c1ccc(OI)c(F)c1)c1ccc(F)cc1. The molecule has 0 saturated heterocycles. The van der Waals surface area contributed by atoms with Crippen LogP contribution in [0.1, 0.15) is 40.9 Å². The molecular formula is C24H21F5IN3O2. The number of pyridine rings is 1. The molecule has 1 amide bonds. The van der Waals surface area contributed by atoms with Crippen molar-refractivity contribution >= 4 is 28.9 Å². The molecule has 0 saturated carbocycles. The highest BCUT2D eigenvalue weighted by molar-refractivity contribution is 14.1. The molecule has 0 aliphatic carbocycles. The maximum absolute atomic E-state index is 14.5. The van der Waals surface area contributed by atoms with Gasteiger partial charge in [-0.05, 0) is 59.9 Å². The standard InChI is InChI=1S/C24H21F5IN3O2/c1-31-23(34)22(15-4-7-17(25)8-5-15)33-19(16-6-10-20(35-30)18(26)12-16)9-2-14-3-11-21(32-13-14)24(27,28)29/h3-8,10-13,19,22,33H,2,9H2,1H3,(H,31,34). The molecule has 0 radical (unpaired) electrons. The van der Waals surface area contributed by atoms with Crippen LogP contribution in [0.25, 0.3) is 0 Å². The molecule has 0 aliphatic heterocycles. The van der Waals surface area contributed by atoms with Crippen LogP contribution in [0.4, 0.5) is 22.0 Å². The van der Waals surface area contributed by atoms with Crippen LogP contribution in [0, 0.1) is 11.6 Å². The number of benzene rings is 2. The summed E-state index contributed by atoms with van der Waals surface area (Å²) in [6, 6.07) is 10.4. The van der Waals surface area contributed by atoms with Gasteiger partial charge in [-0.15, -0.1) is 0 Å². The summed E-state index contributed by atoms with van der Waals surface area (Å²) in [7, 11) is 1.45. The lowest BCUT2D eigenvalue weighted by atomic mass is 9.96. The van der Waals surface area contributed by atoms with Crippen molar-refractivity contribution in [3.8, 4) is 5.75 Å². The first-order valence-corrected chi connectivity index (χ1v) is 11.3. The Hall–Kier alpha value is -2.80. The molecule has 0 fully saturated rings. The molecule has 2 unspecified atom stereocenters. The van der Waals surface area contributed by atoms with Gasteiger partial charge in [-0.3, -0.25) is 15.1 Å². The highest BCUT2D eigenvalue weighted by atomic mass is 127. The highest BCUT2D eigenvalue weighted by Gasteiger charge is 2.32. The quantitative estimate of drug-likeness (QED) is 0.237. The van der Waals surface area contributed by atoms with E-state index in [0.29, 0.717) is 29.5 Å². The van der Waals surface area contributed by atoms with Gasteiger partial charge >= 0.3 is 6.18 Å². The largest absolute Gasteiger partial charge is 0.433 e. The number of nitrogens with one attached hydrogen (secondary N) is 2. The maximum Gasteiger partial charge on any atom is 0.433 e. The Morgan fingerprint density at radius 1 is 1.06 bits per heavy atom. The first kappa shape index (κ1) is 26.8. The predicted octanol–water partition coefficient (Wildman–Crippen LogP) is 5.86. The smallest absolute Gasteiger partial charge is 0.425 e. The lowest BCUT2D eigenvalue weighted by Gasteiger charge is -2.26. The molecule has 5 nitrogen and oxygen atoms in total. The van der Waals surface area contributed by atoms with E-state index in [2.05, 4.69) is 15.6 Å². The molecule has 0 aliphatic rings. The number of alkyl halides is 3. The normalized spacial score (nSPS) is 13.2. The summed E-state index contributed by atoms with van der Waals surface area (Å²) in [5, 5.41) is 5.74. The third-order valence-corrected chi connectivity index (χ3v) is 5.83. The van der Waals surface area contributed by atoms with Gasteiger partial charge in [0.2, 0.25) is 5.91 Å². The Labute approximate surface area is 212 Å². The van der Waals surface area contributed by atoms with Crippen LogP contribution in [0.2, 0.25) is 0 Å². The zero-order valence-corrected chi connectivity index (χ0v) is 20.5. The number of hydrogen-bond acceptors (Lipinski definition) is 4. The first-order chi connectivity index (χ1) is 16.6. The average molecular weight is 605 g/mol. The van der Waals surface area contributed by atoms with Gasteiger partial charge in [-0.25, -0.2) is 8.78 Å². The number of likely N-dealkylation sites (N-methyl/N-ethyl adjacent to an activating group) is 1. The monoisotopic (exact) mass is 605 g/mol. The van der Waals surface area contributed by atoms with Crippen molar-refractivity contribution in [3.05, 3.63) is 94.8 Å². The predicted molar refractivity (Wildman–Crippen MR) is 128 cm³/mol. The van der Waals surface area contributed by atoms with Crippen LogP contribution in [0.3, 0.4) is 0 Å². The van der Waals surface area contributed by atoms with Gasteiger partial charge in [0.1, 0.15) is 17.6 Å². The molecule has 35 heavy (non-hydrogen) atoms. The number of aromatic nitrogens is 1. The summed E-state index contributed by atoms with van der Waals surface area (Å²) in [6.45, 7) is 0. The Balaban J connectivity index is 1.90. The van der Waals surface area contributed by atoms with E-state index in [4.69, 9.17) is 3.07 Å². The summed E-state index contributed by atoms with van der Waals surface area (Å²) >= 11 is 1.56. The lowest BCUT2D eigenvalue weighted by molar-refractivity contribution is -0.141. The molecule has 2 aromatic carbocycles. The molecular weight excluding hydrogens is 584 g/mol. The molecule has 1 aromatic heterocycles. The second-order valence-electron chi connectivity index (χ2n) is 7.67. The molecule has 3 rings (SSSR count). The van der Waals surface area contributed by atoms with Gasteiger partial charge in [0.25, 0.3) is 0 Å². The molecule has 3 aromatic rings. The highest BCUT2D eigenvalue weighted by Crippen LogP contribution is 2.30. The van der Waals surface area contributed by atoms with Crippen molar-refractivity contribution in [1.29, 1.82) is 0 Å². The van der Waals surface area contributed by atoms with E-state index in [1.807, 2.05) is 0 Å². The molecule has 0 spiro atoms. The molecule has 11 heteroatoms. The van der Waals surface area contributed by atoms with Gasteiger partial charge in [0.05, 0.1) is 0 Å². The van der Waals surface area contributed by atoms with E-state index in [-0.39, 0.29) is 5.75 Å². The lowest BCUT2D eigenvalue weighted by Crippen LogP contribution is -2.38. The molecule has 0 bridgehead atoms. The minimum Gasteiger partial charge on any atom is -0.425 e. The van der Waals surface area contributed by atoms with Crippen LogP contribution in [-0.4, -0.2) is 17.9 Å². The average Bonchev–Trinajstić information content (AvgIpc) is 2.84. The maximum atomic E-state index is 14.5. The number of amides is 1. The topological polar surface area (TPSA) is 63.2 Å². The number of nitrogens with zero attached hydrogens (tertiary/aromatic N) is 1. The van der Waals surface area contributed by atoms with Crippen molar-refractivity contribution in [1.82, 2.24) is 15.6 Å². The van der Waals surface area contributed by atoms with Crippen LogP contribution in [0.5, 0.6) is 5.75 Å². The van der Waals surface area contributed by atoms with Gasteiger partial charge in [0, 0.05) is 19.3 Å². The second-order valence-corrected chi connectivity index (χ2v) is 8.11. The number of rotatable bonds is 9. The molecule has 186 valence electrons. The van der Waals surface area contributed by atoms with Crippen LogP contribution in [-0.2, 0) is 17.4 Å². The first-order valence-electron chi connectivity index (χ1n) is 10.5. The van der Waals surface area contributed by atoms with Crippen LogP contribution >= 0.6 is 23.0 Å². The summed E-state index contributed by atoms with van der Waals surface area (Å²) in [5.41, 5.74) is 0.523. The van der Waals surface area contributed by atoms with Crippen LogP contribution < -0.4 is 13.7 Å². The van der Waals surface area contributed by atoms with Gasteiger partial charge in [-0.2, -0.15) is 13.2 Å². The summed E-state index contributed by atoms with van der Waals surface area (Å²) < 4.78 is 71.3. The summed E-state index contributed by atoms with van der Waals surface area (Å²) in [6.07, 6.45) is -2.81. The van der Waals surface area contributed by atoms with Gasteiger partial charge < -0.3 is 8.38 Å². The van der Waals surface area contributed by atoms with E-state index in [9.17, 15) is 26.7 Å². The zero-order valence-electron chi connectivity index (χ0n) is 18.4. The van der Waals surface area contributed by atoms with Crippen molar-refractivity contribution in [2.45, 2.75) is 31.1 Å². The van der Waals surface area contributed by atoms with Crippen molar-refractivity contribution in [2.24, 2.45) is 0 Å². The van der Waals surface area contributed by atoms with Crippen molar-refractivity contribution < 1.29 is 29.8 Å². The third kappa shape index (κ3) is 7.10. The van der Waals surface area contributed by atoms with Gasteiger partial charge in [-0.1, -0.05) is 24.3 Å². The fraction of sp³-hybridized carbons (Fsp3) is 0.250. The van der Waals surface area contributed by atoms with Gasteiger partial charge in [0.15, 0.2) is 34.6 Å². The number of halogens is 6. The second kappa shape index (κ2) is 11.8. The number of aryl methyl sites for hydroxylation is 1. The van der Waals surface area contributed by atoms with E-state index in [1.54, 1.807) is 29.1 Å². The summed E-state index contributed by atoms with van der Waals surface area (Å²) in [4.78, 5) is 16.1. The van der Waals surface area contributed by atoms with E-state index < -0.39 is 41.5 Å². The molecule has 1 heterocycles. The Morgan fingerprint density at radius 2 is 1.74 bits per heavy atom. The minimum absolute atomic E-state index is 0.0291. The third-order valence-electron chi connectivity index (χ3n) is 5.36. The zero-order chi connectivity index (χ0) is 25.6. The minimum atomic E-state index is -4.54. The number of carbonyl (C=O) groups excluding carboxylic acids is 1. The number of carbonyl (C=O) groups is 1. The number of hydrogen-bond donors (Lipinski definition) is 2. The van der Waals surface area contributed by atoms with Crippen LogP contribution in [0.15, 0.2) is 60.8 Å². The van der Waals surface area contributed by atoms with E-state index >= 15 is 0 Å². The Kier molecular flexibility index (Phi) is 9.00.